The van der Waals surface area contributed by atoms with Gasteiger partial charge in [-0.05, 0) is 35.4 Å². The van der Waals surface area contributed by atoms with E-state index in [1.165, 1.54) is 0 Å². The second-order valence-corrected chi connectivity index (χ2v) is 11.0. The van der Waals surface area contributed by atoms with Crippen molar-refractivity contribution in [1.82, 2.24) is 0 Å². The van der Waals surface area contributed by atoms with E-state index >= 15 is 0 Å². The van der Waals surface area contributed by atoms with Crippen LogP contribution in [0.15, 0.2) is 115 Å². The van der Waals surface area contributed by atoms with E-state index in [9.17, 15) is 4.57 Å². The van der Waals surface area contributed by atoms with Gasteiger partial charge in [0.05, 0.1) is 5.66 Å². The molecule has 0 saturated heterocycles. The average molecular weight is 463 g/mol. The quantitative estimate of drug-likeness (QED) is 0.267. The predicted octanol–water partition coefficient (Wildman–Crippen LogP) is 7.76. The van der Waals surface area contributed by atoms with Gasteiger partial charge in [0.15, 0.2) is 7.14 Å². The monoisotopic (exact) mass is 462 g/mol. The highest BCUT2D eigenvalue weighted by molar-refractivity contribution is 7.79. The third kappa shape index (κ3) is 4.86. The van der Waals surface area contributed by atoms with Crippen molar-refractivity contribution in [3.63, 3.8) is 0 Å². The number of hydrogen-bond acceptors (Lipinski definition) is 1. The van der Waals surface area contributed by atoms with Crippen LogP contribution in [0.2, 0.25) is 10.0 Å². The largest absolute Gasteiger partial charge is 0.313 e. The Morgan fingerprint density at radius 2 is 1.06 bits per heavy atom. The predicted molar refractivity (Wildman–Crippen MR) is 134 cm³/mol. The summed E-state index contributed by atoms with van der Waals surface area (Å²) in [7, 11) is -3.07. The van der Waals surface area contributed by atoms with Gasteiger partial charge in [-0.2, -0.15) is 0 Å². The lowest BCUT2D eigenvalue weighted by molar-refractivity contribution is 0.583. The van der Waals surface area contributed by atoms with Crippen LogP contribution in [0.3, 0.4) is 0 Å². The first-order valence-corrected chi connectivity index (χ1v) is 12.5. The minimum Gasteiger partial charge on any atom is -0.313 e. The normalized spacial score (nSPS) is 12.7. The number of halogens is 2. The molecule has 0 heterocycles. The summed E-state index contributed by atoms with van der Waals surface area (Å²) in [6.07, 6.45) is 4.04. The maximum Gasteiger partial charge on any atom is 0.153 e. The van der Waals surface area contributed by atoms with Crippen molar-refractivity contribution >= 4 is 47.0 Å². The Hall–Kier alpha value is -2.57. The fraction of sp³-hybridized carbons (Fsp3) is 0.0370. The molecule has 154 valence electrons. The lowest BCUT2D eigenvalue weighted by Gasteiger charge is -2.27. The van der Waals surface area contributed by atoms with Gasteiger partial charge in [-0.25, -0.2) is 0 Å². The summed E-state index contributed by atoms with van der Waals surface area (Å²) in [5.41, 5.74) is 1.59. The van der Waals surface area contributed by atoms with Crippen molar-refractivity contribution in [3.05, 3.63) is 136 Å². The van der Waals surface area contributed by atoms with Crippen molar-refractivity contribution in [2.45, 2.75) is 5.66 Å². The zero-order valence-electron chi connectivity index (χ0n) is 16.7. The molecule has 0 aliphatic carbocycles. The first-order valence-electron chi connectivity index (χ1n) is 9.97. The van der Waals surface area contributed by atoms with Crippen LogP contribution in [0.1, 0.15) is 16.8 Å². The second kappa shape index (κ2) is 9.71. The van der Waals surface area contributed by atoms with E-state index in [1.807, 2.05) is 121 Å². The van der Waals surface area contributed by atoms with Gasteiger partial charge < -0.3 is 4.57 Å². The second-order valence-electron chi connectivity index (χ2n) is 7.24. The summed E-state index contributed by atoms with van der Waals surface area (Å²) < 4.78 is 15.0. The standard InChI is InChI=1S/C27H21Cl2OP/c28-23-16-11-21(12-17-23)13-20-27(22-14-18-24(29)19-15-22)31(30,25-7-3-1-4-8-25)26-9-5-2-6-10-26/h1-20,27H. The molecule has 0 aliphatic heterocycles. The lowest BCUT2D eigenvalue weighted by atomic mass is 10.1. The molecule has 0 bridgehead atoms. The summed E-state index contributed by atoms with van der Waals surface area (Å²) in [4.78, 5) is 0. The summed E-state index contributed by atoms with van der Waals surface area (Å²) >= 11 is 12.2. The van der Waals surface area contributed by atoms with Crippen molar-refractivity contribution in [3.8, 4) is 0 Å². The van der Waals surface area contributed by atoms with Crippen molar-refractivity contribution < 1.29 is 4.57 Å². The molecule has 1 atom stereocenters. The minimum atomic E-state index is -3.07. The molecule has 0 fully saturated rings. The van der Waals surface area contributed by atoms with E-state index in [0.29, 0.717) is 10.0 Å². The van der Waals surface area contributed by atoms with Gasteiger partial charge in [-0.15, -0.1) is 0 Å². The zero-order valence-corrected chi connectivity index (χ0v) is 19.1. The first kappa shape index (κ1) is 21.7. The molecule has 0 amide bonds. The van der Waals surface area contributed by atoms with Crippen LogP contribution in [0.25, 0.3) is 6.08 Å². The van der Waals surface area contributed by atoms with Crippen LogP contribution >= 0.6 is 30.3 Å². The van der Waals surface area contributed by atoms with Gasteiger partial charge in [0.2, 0.25) is 0 Å². The average Bonchev–Trinajstić information content (AvgIpc) is 2.82. The Kier molecular flexibility index (Phi) is 6.78. The van der Waals surface area contributed by atoms with Crippen molar-refractivity contribution in [2.75, 3.05) is 0 Å². The van der Waals surface area contributed by atoms with Crippen LogP contribution in [0.5, 0.6) is 0 Å². The summed E-state index contributed by atoms with van der Waals surface area (Å²) in [6.45, 7) is 0. The molecule has 0 aliphatic rings. The van der Waals surface area contributed by atoms with Crippen LogP contribution in [0, 0.1) is 0 Å². The fourth-order valence-electron chi connectivity index (χ4n) is 3.65. The minimum absolute atomic E-state index is 0.356. The lowest BCUT2D eigenvalue weighted by Crippen LogP contribution is -2.20. The van der Waals surface area contributed by atoms with Crippen molar-refractivity contribution in [2.24, 2.45) is 0 Å². The summed E-state index contributed by atoms with van der Waals surface area (Å²) in [5, 5.41) is 2.98. The molecule has 31 heavy (non-hydrogen) atoms. The number of benzene rings is 4. The molecule has 4 aromatic carbocycles. The van der Waals surface area contributed by atoms with E-state index in [2.05, 4.69) is 0 Å². The molecular formula is C27H21Cl2OP. The molecule has 4 heteroatoms. The van der Waals surface area contributed by atoms with Gasteiger partial charge in [-0.1, -0.05) is 120 Å². The molecule has 1 unspecified atom stereocenters. The van der Waals surface area contributed by atoms with Crippen LogP contribution in [-0.2, 0) is 4.57 Å². The van der Waals surface area contributed by atoms with Gasteiger partial charge >= 0.3 is 0 Å². The first-order chi connectivity index (χ1) is 15.1. The Morgan fingerprint density at radius 1 is 0.613 bits per heavy atom. The number of hydrogen-bond donors (Lipinski definition) is 0. The Labute approximate surface area is 193 Å². The van der Waals surface area contributed by atoms with Gasteiger partial charge in [-0.3, -0.25) is 0 Å². The molecule has 0 saturated carbocycles. The Morgan fingerprint density at radius 3 is 1.55 bits per heavy atom. The maximum atomic E-state index is 15.0. The molecule has 0 N–H and O–H groups in total. The summed E-state index contributed by atoms with van der Waals surface area (Å²) in [6, 6.07) is 34.7. The molecule has 0 radical (unpaired) electrons. The molecule has 1 nitrogen and oxygen atoms in total. The third-order valence-corrected chi connectivity index (χ3v) is 9.11. The van der Waals surface area contributed by atoms with E-state index < -0.39 is 7.14 Å². The zero-order chi connectivity index (χ0) is 21.7. The third-order valence-electron chi connectivity index (χ3n) is 5.22. The van der Waals surface area contributed by atoms with E-state index in [4.69, 9.17) is 23.2 Å². The Balaban J connectivity index is 1.91. The topological polar surface area (TPSA) is 17.1 Å². The maximum absolute atomic E-state index is 15.0. The van der Waals surface area contributed by atoms with Gasteiger partial charge in [0.25, 0.3) is 0 Å². The Bertz CT molecular complexity index is 1160. The van der Waals surface area contributed by atoms with Crippen LogP contribution in [0.4, 0.5) is 0 Å². The van der Waals surface area contributed by atoms with E-state index in [0.717, 1.165) is 21.7 Å². The SMILES string of the molecule is O=P(c1ccccc1)(c1ccccc1)C(C=Cc1ccc(Cl)cc1)c1ccc(Cl)cc1. The van der Waals surface area contributed by atoms with E-state index in [1.54, 1.807) is 0 Å². The summed E-state index contributed by atoms with van der Waals surface area (Å²) in [5.74, 6) is 0. The highest BCUT2D eigenvalue weighted by atomic mass is 35.5. The number of rotatable bonds is 6. The van der Waals surface area contributed by atoms with Gasteiger partial charge in [0, 0.05) is 20.7 Å². The smallest absolute Gasteiger partial charge is 0.153 e. The number of allylic oxidation sites excluding steroid dienone is 1. The fourth-order valence-corrected chi connectivity index (χ4v) is 6.99. The molecular weight excluding hydrogens is 442 g/mol. The molecule has 0 aromatic heterocycles. The van der Waals surface area contributed by atoms with Crippen LogP contribution < -0.4 is 10.6 Å². The van der Waals surface area contributed by atoms with Crippen LogP contribution in [-0.4, -0.2) is 0 Å². The van der Waals surface area contributed by atoms with Gasteiger partial charge in [0.1, 0.15) is 0 Å². The molecule has 4 rings (SSSR count). The molecule has 0 spiro atoms. The molecule has 4 aromatic rings. The highest BCUT2D eigenvalue weighted by Gasteiger charge is 2.36. The van der Waals surface area contributed by atoms with Crippen molar-refractivity contribution in [1.29, 1.82) is 0 Å². The van der Waals surface area contributed by atoms with E-state index in [-0.39, 0.29) is 5.66 Å². The highest BCUT2D eigenvalue weighted by Crippen LogP contribution is 2.58.